The Labute approximate surface area is 110 Å². The van der Waals surface area contributed by atoms with Crippen molar-refractivity contribution in [3.05, 3.63) is 0 Å². The summed E-state index contributed by atoms with van der Waals surface area (Å²) >= 11 is 0. The smallest absolute Gasteiger partial charge is 0.217 e. The molecule has 3 unspecified atom stereocenters. The van der Waals surface area contributed by atoms with E-state index in [-0.39, 0.29) is 5.91 Å². The van der Waals surface area contributed by atoms with E-state index in [9.17, 15) is 4.79 Å². The highest BCUT2D eigenvalue weighted by atomic mass is 16.1. The highest BCUT2D eigenvalue weighted by Crippen LogP contribution is 2.29. The molecule has 0 radical (unpaired) electrons. The van der Waals surface area contributed by atoms with Gasteiger partial charge in [-0.2, -0.15) is 0 Å². The summed E-state index contributed by atoms with van der Waals surface area (Å²) in [5.74, 6) is 0.752. The van der Waals surface area contributed by atoms with E-state index in [0.717, 1.165) is 26.1 Å². The molecule has 0 aromatic carbocycles. The number of nitrogens with two attached hydrogens (primary N) is 1. The van der Waals surface area contributed by atoms with E-state index in [4.69, 9.17) is 5.73 Å². The third-order valence-corrected chi connectivity index (χ3v) is 4.52. The number of hydrogen-bond acceptors (Lipinski definition) is 3. The Morgan fingerprint density at radius 3 is 2.78 bits per heavy atom. The summed E-state index contributed by atoms with van der Waals surface area (Å²) in [6.45, 7) is 4.55. The summed E-state index contributed by atoms with van der Waals surface area (Å²) in [7, 11) is 0. The first-order chi connectivity index (χ1) is 8.70. The first-order valence-electron chi connectivity index (χ1n) is 7.42. The second-order valence-electron chi connectivity index (χ2n) is 5.88. The van der Waals surface area contributed by atoms with Crippen LogP contribution in [0, 0.1) is 5.92 Å². The van der Waals surface area contributed by atoms with Crippen LogP contribution in [0.4, 0.5) is 0 Å². The van der Waals surface area contributed by atoms with E-state index < -0.39 is 0 Å². The maximum atomic E-state index is 11.1. The fourth-order valence-corrected chi connectivity index (χ4v) is 3.61. The van der Waals surface area contributed by atoms with E-state index >= 15 is 0 Å². The fraction of sp³-hybridized carbons (Fsp3) is 0.929. The summed E-state index contributed by atoms with van der Waals surface area (Å²) in [4.78, 5) is 13.7. The van der Waals surface area contributed by atoms with Gasteiger partial charge in [0.1, 0.15) is 0 Å². The highest BCUT2D eigenvalue weighted by Gasteiger charge is 2.33. The first-order valence-corrected chi connectivity index (χ1v) is 7.42. The van der Waals surface area contributed by atoms with Gasteiger partial charge in [-0.3, -0.25) is 9.69 Å². The molecule has 1 heterocycles. The van der Waals surface area contributed by atoms with Gasteiger partial charge in [-0.15, -0.1) is 0 Å². The van der Waals surface area contributed by atoms with Crippen LogP contribution in [0.2, 0.25) is 0 Å². The number of nitrogens with zero attached hydrogens (tertiary/aromatic N) is 1. The van der Waals surface area contributed by atoms with Gasteiger partial charge in [0.05, 0.1) is 0 Å². The van der Waals surface area contributed by atoms with Crippen LogP contribution in [0.25, 0.3) is 0 Å². The molecule has 2 fully saturated rings. The van der Waals surface area contributed by atoms with Crippen molar-refractivity contribution in [3.63, 3.8) is 0 Å². The quantitative estimate of drug-likeness (QED) is 0.741. The number of hydrogen-bond donors (Lipinski definition) is 2. The van der Waals surface area contributed by atoms with E-state index in [2.05, 4.69) is 10.2 Å². The zero-order valence-corrected chi connectivity index (χ0v) is 11.5. The lowest BCUT2D eigenvalue weighted by atomic mass is 9.94. The average molecular weight is 253 g/mol. The second-order valence-corrected chi connectivity index (χ2v) is 5.88. The van der Waals surface area contributed by atoms with E-state index in [0.29, 0.717) is 18.0 Å². The Morgan fingerprint density at radius 1 is 1.28 bits per heavy atom. The lowest BCUT2D eigenvalue weighted by molar-refractivity contribution is -0.119. The van der Waals surface area contributed by atoms with Crippen LogP contribution in [-0.2, 0) is 4.79 Å². The van der Waals surface area contributed by atoms with Crippen molar-refractivity contribution >= 4 is 5.91 Å². The predicted octanol–water partition coefficient (Wildman–Crippen LogP) is 1.10. The van der Waals surface area contributed by atoms with Crippen molar-refractivity contribution < 1.29 is 4.79 Å². The molecular formula is C14H27N3O. The lowest BCUT2D eigenvalue weighted by Crippen LogP contribution is -2.43. The summed E-state index contributed by atoms with van der Waals surface area (Å²) in [5, 5.41) is 3.05. The van der Waals surface area contributed by atoms with Gasteiger partial charge < -0.3 is 11.1 Å². The number of nitrogens with one attached hydrogen (secondary N) is 1. The number of likely N-dealkylation sites (tertiary alicyclic amines) is 1. The van der Waals surface area contributed by atoms with E-state index in [1.807, 2.05) is 0 Å². The first kappa shape index (κ1) is 13.8. The van der Waals surface area contributed by atoms with Crippen LogP contribution < -0.4 is 11.1 Å². The van der Waals surface area contributed by atoms with Crippen molar-refractivity contribution in [1.82, 2.24) is 10.2 Å². The van der Waals surface area contributed by atoms with Crippen molar-refractivity contribution in [3.8, 4) is 0 Å². The minimum absolute atomic E-state index is 0.0955. The molecule has 0 spiro atoms. The van der Waals surface area contributed by atoms with Crippen LogP contribution >= 0.6 is 0 Å². The van der Waals surface area contributed by atoms with Gasteiger partial charge in [-0.05, 0) is 31.7 Å². The van der Waals surface area contributed by atoms with Crippen molar-refractivity contribution in [2.75, 3.05) is 19.6 Å². The molecule has 2 aliphatic rings. The molecule has 1 amide bonds. The maximum absolute atomic E-state index is 11.1. The zero-order valence-electron chi connectivity index (χ0n) is 11.5. The van der Waals surface area contributed by atoms with Crippen molar-refractivity contribution in [1.29, 1.82) is 0 Å². The normalized spacial score (nSPS) is 34.2. The summed E-state index contributed by atoms with van der Waals surface area (Å²) in [6.07, 6.45) is 7.68. The molecule has 1 saturated heterocycles. The van der Waals surface area contributed by atoms with Gasteiger partial charge in [0, 0.05) is 32.1 Å². The molecule has 104 valence electrons. The molecule has 0 aromatic rings. The molecule has 4 nitrogen and oxygen atoms in total. The van der Waals surface area contributed by atoms with Gasteiger partial charge >= 0.3 is 0 Å². The van der Waals surface area contributed by atoms with E-state index in [1.165, 1.54) is 32.1 Å². The standard InChI is InChI=1S/C14H27N3O/c1-11(18)16-13-7-8-17(10-13)14-6-4-2-3-5-12(14)9-15/h12-14H,2-10,15H2,1H3,(H,16,18). The van der Waals surface area contributed by atoms with Crippen LogP contribution in [0.3, 0.4) is 0 Å². The molecule has 0 bridgehead atoms. The lowest BCUT2D eigenvalue weighted by Gasteiger charge is -2.33. The summed E-state index contributed by atoms with van der Waals surface area (Å²) < 4.78 is 0. The molecule has 18 heavy (non-hydrogen) atoms. The Morgan fingerprint density at radius 2 is 2.06 bits per heavy atom. The molecule has 3 atom stereocenters. The molecule has 0 aromatic heterocycles. The Balaban J connectivity index is 1.91. The zero-order chi connectivity index (χ0) is 13.0. The molecule has 2 rings (SSSR count). The summed E-state index contributed by atoms with van der Waals surface area (Å²) in [5.41, 5.74) is 5.95. The van der Waals surface area contributed by atoms with Crippen molar-refractivity contribution in [2.45, 2.75) is 57.5 Å². The summed E-state index contributed by atoms with van der Waals surface area (Å²) in [6, 6.07) is 1.00. The van der Waals surface area contributed by atoms with Crippen LogP contribution in [0.15, 0.2) is 0 Å². The van der Waals surface area contributed by atoms with E-state index in [1.54, 1.807) is 6.92 Å². The fourth-order valence-electron chi connectivity index (χ4n) is 3.61. The third kappa shape index (κ3) is 3.45. The number of carbonyl (C=O) groups excluding carboxylic acids is 1. The van der Waals surface area contributed by atoms with Gasteiger partial charge in [0.25, 0.3) is 0 Å². The third-order valence-electron chi connectivity index (χ3n) is 4.52. The number of carbonyl (C=O) groups is 1. The molecule has 3 N–H and O–H groups in total. The highest BCUT2D eigenvalue weighted by molar-refractivity contribution is 5.73. The number of amides is 1. The van der Waals surface area contributed by atoms with Crippen molar-refractivity contribution in [2.24, 2.45) is 11.7 Å². The average Bonchev–Trinajstić information content (AvgIpc) is 2.64. The Kier molecular flexibility index (Phi) is 5.01. The SMILES string of the molecule is CC(=O)NC1CCN(C2CCCCCC2CN)C1. The molecule has 1 saturated carbocycles. The Bertz CT molecular complexity index is 282. The second kappa shape index (κ2) is 6.53. The minimum Gasteiger partial charge on any atom is -0.352 e. The van der Waals surface area contributed by atoms with Crippen LogP contribution in [-0.4, -0.2) is 42.5 Å². The molecular weight excluding hydrogens is 226 g/mol. The molecule has 4 heteroatoms. The van der Waals surface area contributed by atoms with Gasteiger partial charge in [0.15, 0.2) is 0 Å². The van der Waals surface area contributed by atoms with Crippen LogP contribution in [0.5, 0.6) is 0 Å². The topological polar surface area (TPSA) is 58.4 Å². The van der Waals surface area contributed by atoms with Gasteiger partial charge in [-0.25, -0.2) is 0 Å². The maximum Gasteiger partial charge on any atom is 0.217 e. The minimum atomic E-state index is 0.0955. The van der Waals surface area contributed by atoms with Crippen LogP contribution in [0.1, 0.15) is 45.4 Å². The largest absolute Gasteiger partial charge is 0.352 e. The van der Waals surface area contributed by atoms with Gasteiger partial charge in [0.2, 0.25) is 5.91 Å². The van der Waals surface area contributed by atoms with Gasteiger partial charge in [-0.1, -0.05) is 19.3 Å². The Hall–Kier alpha value is -0.610. The number of rotatable bonds is 3. The molecule has 1 aliphatic heterocycles. The molecule has 1 aliphatic carbocycles. The predicted molar refractivity (Wildman–Crippen MR) is 73.2 cm³/mol. The monoisotopic (exact) mass is 253 g/mol.